The van der Waals surface area contributed by atoms with Crippen LogP contribution in [-0.2, 0) is 5.60 Å². The number of benzene rings is 1. The number of aromatic nitrogens is 5. The first-order valence-electron chi connectivity index (χ1n) is 11.4. The van der Waals surface area contributed by atoms with Gasteiger partial charge >= 0.3 is 0 Å². The highest BCUT2D eigenvalue weighted by molar-refractivity contribution is 7.11. The smallest absolute Gasteiger partial charge is 0.181 e. The minimum atomic E-state index is -1.53. The lowest BCUT2D eigenvalue weighted by Crippen LogP contribution is -2.38. The number of hydrogen-bond donors (Lipinski definition) is 2. The number of aryl methyl sites for hydroxylation is 3. The van der Waals surface area contributed by atoms with E-state index in [9.17, 15) is 5.11 Å². The van der Waals surface area contributed by atoms with Crippen LogP contribution in [0.15, 0.2) is 18.2 Å². The largest absolute Gasteiger partial charge is 0.488 e. The van der Waals surface area contributed by atoms with Gasteiger partial charge in [-0.25, -0.2) is 9.97 Å². The third-order valence-corrected chi connectivity index (χ3v) is 7.76. The molecule has 1 unspecified atom stereocenters. The van der Waals surface area contributed by atoms with Gasteiger partial charge in [-0.1, -0.05) is 29.8 Å². The van der Waals surface area contributed by atoms with Crippen LogP contribution in [0.3, 0.4) is 0 Å². The summed E-state index contributed by atoms with van der Waals surface area (Å²) in [5, 5.41) is 25.3. The summed E-state index contributed by atoms with van der Waals surface area (Å²) in [4.78, 5) is 12.4. The van der Waals surface area contributed by atoms with Crippen LogP contribution in [0, 0.1) is 20.8 Å². The predicted molar refractivity (Wildman–Crippen MR) is 134 cm³/mol. The maximum atomic E-state index is 12.3. The molecule has 1 aliphatic rings. The van der Waals surface area contributed by atoms with Crippen molar-refractivity contribution in [3.8, 4) is 5.75 Å². The van der Waals surface area contributed by atoms with Crippen molar-refractivity contribution in [2.75, 3.05) is 24.6 Å². The minimum Gasteiger partial charge on any atom is -0.488 e. The summed E-state index contributed by atoms with van der Waals surface area (Å²) >= 11 is 8.40. The number of ether oxygens (including phenoxy) is 1. The van der Waals surface area contributed by atoms with E-state index in [0.29, 0.717) is 39.2 Å². The van der Waals surface area contributed by atoms with Crippen LogP contribution in [0.4, 0.5) is 5.82 Å². The molecule has 1 atom stereocenters. The first kappa shape index (κ1) is 23.0. The van der Waals surface area contributed by atoms with Crippen LogP contribution < -0.4 is 9.64 Å². The van der Waals surface area contributed by atoms with Crippen LogP contribution in [0.25, 0.3) is 10.9 Å². The Morgan fingerprint density at radius 2 is 2.00 bits per heavy atom. The molecule has 2 N–H and O–H groups in total. The molecule has 1 saturated heterocycles. The van der Waals surface area contributed by atoms with Gasteiger partial charge in [0.2, 0.25) is 0 Å². The Bertz CT molecular complexity index is 1370. The molecule has 10 heteroatoms. The van der Waals surface area contributed by atoms with Gasteiger partial charge in [0.15, 0.2) is 17.2 Å². The zero-order valence-corrected chi connectivity index (χ0v) is 21.2. The van der Waals surface area contributed by atoms with E-state index in [1.807, 2.05) is 39.0 Å². The molecule has 34 heavy (non-hydrogen) atoms. The summed E-state index contributed by atoms with van der Waals surface area (Å²) in [5.41, 5.74) is 1.71. The quantitative estimate of drug-likeness (QED) is 0.382. The SMILES string of the molecule is CCCOc1c(N2CCC2)nc2ccc(C(O)(c3[nH]nnc3C)c3sc(C)nc3C)cc2c1Cl. The number of hydrogen-bond acceptors (Lipinski definition) is 8. The lowest BCUT2D eigenvalue weighted by Gasteiger charge is -2.34. The lowest BCUT2D eigenvalue weighted by molar-refractivity contribution is 0.123. The van der Waals surface area contributed by atoms with E-state index in [1.165, 1.54) is 11.3 Å². The Morgan fingerprint density at radius 1 is 1.21 bits per heavy atom. The number of thiazole rings is 1. The van der Waals surface area contributed by atoms with Crippen molar-refractivity contribution < 1.29 is 9.84 Å². The summed E-state index contributed by atoms with van der Waals surface area (Å²) in [6.45, 7) is 10.1. The third-order valence-electron chi connectivity index (χ3n) is 6.20. The molecule has 1 aliphatic heterocycles. The Kier molecular flexibility index (Phi) is 5.95. The zero-order chi connectivity index (χ0) is 24.0. The number of pyridine rings is 1. The number of H-pyrrole nitrogens is 1. The third kappa shape index (κ3) is 3.62. The van der Waals surface area contributed by atoms with Crippen LogP contribution in [-0.4, -0.2) is 50.2 Å². The van der Waals surface area contributed by atoms with E-state index in [2.05, 4.69) is 32.2 Å². The van der Waals surface area contributed by atoms with Gasteiger partial charge < -0.3 is 14.7 Å². The molecule has 3 aromatic heterocycles. The van der Waals surface area contributed by atoms with Crippen molar-refractivity contribution in [3.63, 3.8) is 0 Å². The van der Waals surface area contributed by atoms with Gasteiger partial charge in [0.1, 0.15) is 5.69 Å². The maximum absolute atomic E-state index is 12.3. The molecule has 0 saturated carbocycles. The number of anilines is 1. The van der Waals surface area contributed by atoms with Crippen molar-refractivity contribution in [2.45, 2.75) is 46.1 Å². The van der Waals surface area contributed by atoms with Gasteiger partial charge in [0, 0.05) is 18.5 Å². The number of aromatic amines is 1. The molecule has 1 aromatic carbocycles. The molecule has 1 fully saturated rings. The van der Waals surface area contributed by atoms with Gasteiger partial charge in [0.05, 0.1) is 38.4 Å². The molecular formula is C24H27ClN6O2S. The number of halogens is 1. The number of rotatable bonds is 7. The minimum absolute atomic E-state index is 0.501. The fraction of sp³-hybridized carbons (Fsp3) is 0.417. The standard InChI is InChI=1S/C24H27ClN6O2S/c1-5-11-33-20-19(25)17-12-16(7-8-18(17)27-23(20)31-9-6-10-31)24(32,21-13(2)28-30-29-21)22-14(3)26-15(4)34-22/h7-8,12,32H,5-6,9-11H2,1-4H3,(H,28,29,30). The average Bonchev–Trinajstić information content (AvgIpc) is 3.36. The Labute approximate surface area is 207 Å². The van der Waals surface area contributed by atoms with E-state index < -0.39 is 5.60 Å². The van der Waals surface area contributed by atoms with Crippen molar-refractivity contribution in [2.24, 2.45) is 0 Å². The number of aliphatic hydroxyl groups is 1. The topological polar surface area (TPSA) is 100 Å². The van der Waals surface area contributed by atoms with Crippen molar-refractivity contribution in [3.05, 3.63) is 55.8 Å². The van der Waals surface area contributed by atoms with Gasteiger partial charge in [-0.2, -0.15) is 0 Å². The highest BCUT2D eigenvalue weighted by Gasteiger charge is 2.41. The molecule has 0 amide bonds. The summed E-state index contributed by atoms with van der Waals surface area (Å²) in [6, 6.07) is 5.67. The summed E-state index contributed by atoms with van der Waals surface area (Å²) < 4.78 is 6.07. The molecular weight excluding hydrogens is 472 g/mol. The zero-order valence-electron chi connectivity index (χ0n) is 19.6. The van der Waals surface area contributed by atoms with Gasteiger partial charge in [-0.15, -0.1) is 16.4 Å². The fourth-order valence-electron chi connectivity index (χ4n) is 4.37. The Hall–Kier alpha value is -2.75. The molecule has 0 radical (unpaired) electrons. The molecule has 0 aliphatic carbocycles. The van der Waals surface area contributed by atoms with E-state index in [4.69, 9.17) is 21.3 Å². The second-order valence-corrected chi connectivity index (χ2v) is 10.2. The first-order valence-corrected chi connectivity index (χ1v) is 12.6. The molecule has 178 valence electrons. The van der Waals surface area contributed by atoms with E-state index in [1.54, 1.807) is 0 Å². The monoisotopic (exact) mass is 498 g/mol. The van der Waals surface area contributed by atoms with Crippen molar-refractivity contribution in [1.82, 2.24) is 25.4 Å². The predicted octanol–water partition coefficient (Wildman–Crippen LogP) is 4.67. The molecule has 4 aromatic rings. The average molecular weight is 499 g/mol. The summed E-state index contributed by atoms with van der Waals surface area (Å²) in [7, 11) is 0. The van der Waals surface area contributed by atoms with Gasteiger partial charge in [-0.3, -0.25) is 5.10 Å². The summed E-state index contributed by atoms with van der Waals surface area (Å²) in [6.07, 6.45) is 1.99. The second-order valence-electron chi connectivity index (χ2n) is 8.63. The van der Waals surface area contributed by atoms with Crippen LogP contribution >= 0.6 is 22.9 Å². The molecule has 0 bridgehead atoms. The maximum Gasteiger partial charge on any atom is 0.181 e. The van der Waals surface area contributed by atoms with Crippen LogP contribution in [0.2, 0.25) is 5.02 Å². The Morgan fingerprint density at radius 3 is 2.59 bits per heavy atom. The van der Waals surface area contributed by atoms with Crippen LogP contribution in [0.1, 0.15) is 52.3 Å². The highest BCUT2D eigenvalue weighted by Crippen LogP contribution is 2.45. The van der Waals surface area contributed by atoms with E-state index in [-0.39, 0.29) is 0 Å². The number of fused-ring (bicyclic) bond motifs is 1. The van der Waals surface area contributed by atoms with Crippen molar-refractivity contribution in [1.29, 1.82) is 0 Å². The number of nitrogens with one attached hydrogen (secondary N) is 1. The Balaban J connectivity index is 1.74. The number of nitrogens with zero attached hydrogens (tertiary/aromatic N) is 5. The van der Waals surface area contributed by atoms with E-state index >= 15 is 0 Å². The van der Waals surface area contributed by atoms with Crippen LogP contribution in [0.5, 0.6) is 5.75 Å². The molecule has 8 nitrogen and oxygen atoms in total. The highest BCUT2D eigenvalue weighted by atomic mass is 35.5. The lowest BCUT2D eigenvalue weighted by atomic mass is 9.86. The van der Waals surface area contributed by atoms with Gasteiger partial charge in [0.25, 0.3) is 0 Å². The van der Waals surface area contributed by atoms with Gasteiger partial charge in [-0.05, 0) is 51.3 Å². The molecule has 5 rings (SSSR count). The first-order chi connectivity index (χ1) is 16.3. The fourth-order valence-corrected chi connectivity index (χ4v) is 5.70. The second kappa shape index (κ2) is 8.79. The normalized spacial score (nSPS) is 15.4. The molecule has 0 spiro atoms. The van der Waals surface area contributed by atoms with E-state index in [0.717, 1.165) is 53.4 Å². The summed E-state index contributed by atoms with van der Waals surface area (Å²) in [5.74, 6) is 1.38. The molecule has 4 heterocycles. The van der Waals surface area contributed by atoms with Crippen molar-refractivity contribution >= 4 is 39.7 Å².